The van der Waals surface area contributed by atoms with E-state index in [0.29, 0.717) is 0 Å². The second-order valence-corrected chi connectivity index (χ2v) is 6.10. The van der Waals surface area contributed by atoms with Crippen LogP contribution in [0.5, 0.6) is 0 Å². The Kier molecular flexibility index (Phi) is 3.84. The quantitative estimate of drug-likeness (QED) is 0.919. The Bertz CT molecular complexity index is 463. The smallest absolute Gasteiger partial charge is 0.128 e. The van der Waals surface area contributed by atoms with Crippen LogP contribution in [0.15, 0.2) is 32.7 Å². The molecule has 2 nitrogen and oxygen atoms in total. The summed E-state index contributed by atoms with van der Waals surface area (Å²) in [4.78, 5) is 1.27. The maximum absolute atomic E-state index is 5.57. The number of halogens is 1. The van der Waals surface area contributed by atoms with Gasteiger partial charge in [-0.05, 0) is 53.2 Å². The number of hydrogen-bond donors (Lipinski definition) is 1. The van der Waals surface area contributed by atoms with E-state index < -0.39 is 0 Å². The van der Waals surface area contributed by atoms with Crippen LogP contribution in [0.4, 0.5) is 0 Å². The normalized spacial score (nSPS) is 12.9. The van der Waals surface area contributed by atoms with E-state index in [9.17, 15) is 0 Å². The molecule has 2 aromatic heterocycles. The Hall–Kier alpha value is -0.580. The zero-order valence-electron chi connectivity index (χ0n) is 9.29. The summed E-state index contributed by atoms with van der Waals surface area (Å²) in [6.45, 7) is 5.10. The van der Waals surface area contributed by atoms with Gasteiger partial charge in [0.15, 0.2) is 0 Å². The van der Waals surface area contributed by atoms with Crippen LogP contribution in [0.3, 0.4) is 0 Å². The van der Waals surface area contributed by atoms with Gasteiger partial charge in [-0.25, -0.2) is 0 Å². The molecule has 2 heterocycles. The van der Waals surface area contributed by atoms with Gasteiger partial charge in [-0.2, -0.15) is 0 Å². The zero-order chi connectivity index (χ0) is 11.5. The average Bonchev–Trinajstić information content (AvgIpc) is 2.84. The second kappa shape index (κ2) is 5.17. The summed E-state index contributed by atoms with van der Waals surface area (Å²) in [5, 5.41) is 3.45. The number of hydrogen-bond acceptors (Lipinski definition) is 3. The highest BCUT2D eigenvalue weighted by atomic mass is 79.9. The largest absolute Gasteiger partial charge is 0.467 e. The number of rotatable bonds is 4. The first-order valence-electron chi connectivity index (χ1n) is 5.25. The molecule has 86 valence electrons. The van der Waals surface area contributed by atoms with Gasteiger partial charge in [0.25, 0.3) is 0 Å². The molecule has 0 amide bonds. The van der Waals surface area contributed by atoms with Crippen molar-refractivity contribution in [1.82, 2.24) is 5.32 Å². The molecule has 0 saturated carbocycles. The molecule has 0 saturated heterocycles. The van der Waals surface area contributed by atoms with Crippen LogP contribution in [-0.2, 0) is 0 Å². The lowest BCUT2D eigenvalue weighted by molar-refractivity contribution is 0.452. The lowest BCUT2D eigenvalue weighted by Gasteiger charge is -2.14. The molecular weight excluding hydrogens is 286 g/mol. The predicted octanol–water partition coefficient (Wildman–Crippen LogP) is 4.11. The molecule has 0 aliphatic carbocycles. The first-order chi connectivity index (χ1) is 7.72. The molecule has 0 radical (unpaired) electrons. The minimum Gasteiger partial charge on any atom is -0.467 e. The van der Waals surface area contributed by atoms with Crippen molar-refractivity contribution in [2.75, 3.05) is 6.54 Å². The third kappa shape index (κ3) is 2.39. The van der Waals surface area contributed by atoms with E-state index in [1.807, 2.05) is 6.07 Å². The van der Waals surface area contributed by atoms with Crippen molar-refractivity contribution in [3.63, 3.8) is 0 Å². The fourth-order valence-electron chi connectivity index (χ4n) is 1.69. The molecule has 1 unspecified atom stereocenters. The number of nitrogens with one attached hydrogen (secondary N) is 1. The zero-order valence-corrected chi connectivity index (χ0v) is 11.7. The summed E-state index contributed by atoms with van der Waals surface area (Å²) < 4.78 is 6.72. The Morgan fingerprint density at radius 1 is 1.44 bits per heavy atom. The topological polar surface area (TPSA) is 25.2 Å². The second-order valence-electron chi connectivity index (χ2n) is 3.60. The van der Waals surface area contributed by atoms with Gasteiger partial charge in [-0.15, -0.1) is 11.3 Å². The molecule has 0 fully saturated rings. The third-order valence-electron chi connectivity index (χ3n) is 2.45. The highest BCUT2D eigenvalue weighted by Gasteiger charge is 2.19. The number of aryl methyl sites for hydroxylation is 1. The van der Waals surface area contributed by atoms with E-state index in [1.54, 1.807) is 17.6 Å². The summed E-state index contributed by atoms with van der Waals surface area (Å²) in [7, 11) is 0. The van der Waals surface area contributed by atoms with Crippen LogP contribution in [0.1, 0.15) is 29.2 Å². The lowest BCUT2D eigenvalue weighted by atomic mass is 10.1. The van der Waals surface area contributed by atoms with Crippen molar-refractivity contribution < 1.29 is 4.42 Å². The minimum atomic E-state index is 0.163. The Labute approximate surface area is 108 Å². The molecular formula is C12H14BrNOS. The van der Waals surface area contributed by atoms with E-state index in [2.05, 4.69) is 47.2 Å². The van der Waals surface area contributed by atoms with Crippen molar-refractivity contribution in [2.24, 2.45) is 0 Å². The Morgan fingerprint density at radius 2 is 2.25 bits per heavy atom. The van der Waals surface area contributed by atoms with Crippen molar-refractivity contribution in [3.8, 4) is 0 Å². The molecule has 4 heteroatoms. The van der Waals surface area contributed by atoms with Gasteiger partial charge in [0, 0.05) is 4.88 Å². The summed E-state index contributed by atoms with van der Waals surface area (Å²) >= 11 is 5.23. The van der Waals surface area contributed by atoms with Crippen molar-refractivity contribution in [3.05, 3.63) is 44.4 Å². The van der Waals surface area contributed by atoms with Crippen molar-refractivity contribution >= 4 is 27.3 Å². The monoisotopic (exact) mass is 299 g/mol. The molecule has 0 spiro atoms. The Balaban J connectivity index is 2.34. The fourth-order valence-corrected chi connectivity index (χ4v) is 3.19. The van der Waals surface area contributed by atoms with Gasteiger partial charge in [-0.3, -0.25) is 0 Å². The van der Waals surface area contributed by atoms with E-state index in [-0.39, 0.29) is 6.04 Å². The van der Waals surface area contributed by atoms with Crippen LogP contribution in [0.25, 0.3) is 0 Å². The van der Waals surface area contributed by atoms with Gasteiger partial charge >= 0.3 is 0 Å². The molecule has 1 atom stereocenters. The van der Waals surface area contributed by atoms with E-state index in [1.165, 1.54) is 10.4 Å². The number of thiophene rings is 1. The van der Waals surface area contributed by atoms with Gasteiger partial charge in [0.1, 0.15) is 11.8 Å². The SMILES string of the molecule is CCNC(c1ccc(Br)s1)c1occc1C. The van der Waals surface area contributed by atoms with Crippen LogP contribution in [0.2, 0.25) is 0 Å². The molecule has 2 aromatic rings. The molecule has 0 aliphatic rings. The summed E-state index contributed by atoms with van der Waals surface area (Å²) in [6, 6.07) is 6.37. The summed E-state index contributed by atoms with van der Waals surface area (Å²) in [6.07, 6.45) is 1.75. The van der Waals surface area contributed by atoms with Gasteiger partial charge in [-0.1, -0.05) is 6.92 Å². The molecule has 2 rings (SSSR count). The van der Waals surface area contributed by atoms with Crippen LogP contribution < -0.4 is 5.32 Å². The first-order valence-corrected chi connectivity index (χ1v) is 6.86. The van der Waals surface area contributed by atoms with E-state index >= 15 is 0 Å². The molecule has 1 N–H and O–H groups in total. The first kappa shape index (κ1) is 11.9. The highest BCUT2D eigenvalue weighted by molar-refractivity contribution is 9.11. The van der Waals surface area contributed by atoms with E-state index in [4.69, 9.17) is 4.42 Å². The van der Waals surface area contributed by atoms with Crippen LogP contribution in [0, 0.1) is 6.92 Å². The lowest BCUT2D eigenvalue weighted by Crippen LogP contribution is -2.21. The molecule has 16 heavy (non-hydrogen) atoms. The third-order valence-corrected chi connectivity index (χ3v) is 4.14. The Morgan fingerprint density at radius 3 is 2.75 bits per heavy atom. The molecule has 0 aliphatic heterocycles. The standard InChI is InChI=1S/C12H14BrNOS/c1-3-14-11(9-4-5-10(13)16-9)12-8(2)6-7-15-12/h4-7,11,14H,3H2,1-2H3. The molecule has 0 aromatic carbocycles. The average molecular weight is 300 g/mol. The van der Waals surface area contributed by atoms with Crippen molar-refractivity contribution in [1.29, 1.82) is 0 Å². The predicted molar refractivity (Wildman–Crippen MR) is 71.0 cm³/mol. The highest BCUT2D eigenvalue weighted by Crippen LogP contribution is 2.32. The fraction of sp³-hybridized carbons (Fsp3) is 0.333. The van der Waals surface area contributed by atoms with Crippen LogP contribution >= 0.6 is 27.3 Å². The molecule has 0 bridgehead atoms. The van der Waals surface area contributed by atoms with Gasteiger partial charge in [0.05, 0.1) is 10.0 Å². The van der Waals surface area contributed by atoms with Crippen LogP contribution in [-0.4, -0.2) is 6.54 Å². The minimum absolute atomic E-state index is 0.163. The summed E-state index contributed by atoms with van der Waals surface area (Å²) in [5.74, 6) is 1.01. The maximum atomic E-state index is 5.57. The summed E-state index contributed by atoms with van der Waals surface area (Å²) in [5.41, 5.74) is 1.19. The van der Waals surface area contributed by atoms with Crippen molar-refractivity contribution in [2.45, 2.75) is 19.9 Å². The van der Waals surface area contributed by atoms with Gasteiger partial charge in [0.2, 0.25) is 0 Å². The number of furan rings is 1. The van der Waals surface area contributed by atoms with Gasteiger partial charge < -0.3 is 9.73 Å². The maximum Gasteiger partial charge on any atom is 0.128 e. The van der Waals surface area contributed by atoms with E-state index in [0.717, 1.165) is 16.1 Å².